The van der Waals surface area contributed by atoms with Gasteiger partial charge in [-0.1, -0.05) is 494 Å². The summed E-state index contributed by atoms with van der Waals surface area (Å²) in [6.07, 6.45) is 0. The maximum atomic E-state index is 2.36. The highest BCUT2D eigenvalue weighted by Crippen LogP contribution is 2.47. The van der Waals surface area contributed by atoms with Crippen LogP contribution in [0.15, 0.2) is 461 Å². The van der Waals surface area contributed by atoms with E-state index in [2.05, 4.69) is 600 Å². The Kier molecular flexibility index (Phi) is 31.9. The fraction of sp³-hybridized carbons (Fsp3) is 0.133. The number of benzene rings is 24. The average Bonchev–Trinajstić information content (AvgIpc) is 0.728. The third-order valence-corrected chi connectivity index (χ3v) is 30.0. The monoisotopic (exact) mass is 1940 g/mol. The summed E-state index contributed by atoms with van der Waals surface area (Å²) in [4.78, 5) is 0. The Hall–Kier alpha value is -16.9. The smallest absolute Gasteiger partial charge is 0.00264 e. The highest BCUT2D eigenvalue weighted by Gasteiger charge is 2.20. The highest BCUT2D eigenvalue weighted by molar-refractivity contribution is 6.26. The summed E-state index contributed by atoms with van der Waals surface area (Å²) in [7, 11) is 0. The van der Waals surface area contributed by atoms with Crippen molar-refractivity contribution < 1.29 is 0 Å². The predicted octanol–water partition coefficient (Wildman–Crippen LogP) is 42.7. The average molecular weight is 1940 g/mol. The van der Waals surface area contributed by atoms with Crippen LogP contribution in [-0.4, -0.2) is 0 Å². The second-order valence-corrected chi connectivity index (χ2v) is 41.5. The summed E-state index contributed by atoms with van der Waals surface area (Å²) in [6, 6.07) is 167. The van der Waals surface area contributed by atoms with Crippen LogP contribution in [0.1, 0.15) is 111 Å². The first-order valence-electron chi connectivity index (χ1n) is 52.9. The third-order valence-electron chi connectivity index (χ3n) is 30.0. The number of fused-ring (bicyclic) bond motifs is 10. The summed E-state index contributed by atoms with van der Waals surface area (Å²) in [5.74, 6) is 0. The van der Waals surface area contributed by atoms with Crippen LogP contribution in [0.5, 0.6) is 0 Å². The van der Waals surface area contributed by atoms with Crippen molar-refractivity contribution in [3.63, 3.8) is 0 Å². The third kappa shape index (κ3) is 23.5. The van der Waals surface area contributed by atoms with Gasteiger partial charge in [0.05, 0.1) is 0 Å². The molecule has 24 aromatic rings. The molecule has 24 rings (SSSR count). The van der Waals surface area contributed by atoms with E-state index in [9.17, 15) is 0 Å². The van der Waals surface area contributed by atoms with Crippen molar-refractivity contribution in [2.45, 2.75) is 138 Å². The van der Waals surface area contributed by atoms with Gasteiger partial charge in [-0.15, -0.1) is 0 Å². The molecule has 0 nitrogen and oxygen atoms in total. The molecule has 24 aromatic carbocycles. The van der Waals surface area contributed by atoms with Gasteiger partial charge in [0, 0.05) is 0 Å². The highest BCUT2D eigenvalue weighted by atomic mass is 14.2. The summed E-state index contributed by atoms with van der Waals surface area (Å²) >= 11 is 0. The minimum Gasteiger partial charge on any atom is -0.0622 e. The molecule has 150 heavy (non-hydrogen) atoms. The van der Waals surface area contributed by atoms with E-state index in [1.807, 2.05) is 0 Å². The predicted molar refractivity (Wildman–Crippen MR) is 657 cm³/mol. The van der Waals surface area contributed by atoms with Gasteiger partial charge >= 0.3 is 0 Å². The molecule has 0 unspecified atom stereocenters. The van der Waals surface area contributed by atoms with Crippen LogP contribution in [0.2, 0.25) is 0 Å². The minimum atomic E-state index is 1.27. The standard InChI is InChI=1S/C28H22.C25H22.C23H22.C21H20.C20H18.C18H16.C15H16/c1-19-11-15-21(16-12-19)27-23-7-3-5-9-25(23)28(22-17-13-20(2)14-18-22)26-10-6-4-8-24(26)27;1-17-9-11-21(12-10-17)23-14-13-22(20-7-5-4-6-8-20)24-15-18(2)19(3)16-25(23)24;1-13-6-7-18-19(8-13)21-10-15(3)17(5)12-23(21)22-11-16(4)14(2)9-20(18)22;1-15-9-11-19(12-10-15)21-14-16(2)20(13-17(21)3)18-7-5-4-6-8-18;1-15-8-10-18(11-9-15)20-13-16(2)12-19(14-20)17-6-4-3-5-7-17;1-13-9-11-15(12-10-13)17-7-4-6-16-14(2)5-3-8-18(16)17;1-11-9-13(3)15(10-12(11)2)14-7-5-4-6-8-14/h3-18H,1-2H3;4-16H,1-3H3;6-12H,1-5H3;4-14H,1-3H3;3-14H,1-2H3;3-12H,1-2H3;4-10H,1-3H3. The quantitative estimate of drug-likeness (QED) is 0.0946. The van der Waals surface area contributed by atoms with E-state index in [-0.39, 0.29) is 0 Å². The molecule has 0 heteroatoms. The maximum absolute atomic E-state index is 2.36. The van der Waals surface area contributed by atoms with E-state index in [1.54, 1.807) is 0 Å². The fourth-order valence-corrected chi connectivity index (χ4v) is 20.9. The van der Waals surface area contributed by atoms with Crippen LogP contribution in [0.25, 0.3) is 187 Å². The lowest BCUT2D eigenvalue weighted by molar-refractivity contribution is 1.30. The normalized spacial score (nSPS) is 10.9. The zero-order chi connectivity index (χ0) is 105. The molecule has 0 aliphatic heterocycles. The van der Waals surface area contributed by atoms with Gasteiger partial charge in [0.15, 0.2) is 0 Å². The maximum Gasteiger partial charge on any atom is -0.00264 e. The first kappa shape index (κ1) is 103. The molecule has 0 aliphatic carbocycles. The second kappa shape index (κ2) is 46.4. The molecule has 0 radical (unpaired) electrons. The molecule has 0 amide bonds. The molecule has 0 spiro atoms. The van der Waals surface area contributed by atoms with Crippen LogP contribution in [0.4, 0.5) is 0 Å². The Labute approximate surface area is 890 Å². The van der Waals surface area contributed by atoms with Gasteiger partial charge in [0.25, 0.3) is 0 Å². The number of rotatable bonds is 10. The zero-order valence-electron chi connectivity index (χ0n) is 90.9. The summed E-state index contributed by atoms with van der Waals surface area (Å²) in [5, 5.41) is 18.8. The molecular weight excluding hydrogens is 1800 g/mol. The van der Waals surface area contributed by atoms with Crippen molar-refractivity contribution in [1.29, 1.82) is 0 Å². The van der Waals surface area contributed by atoms with Gasteiger partial charge in [0.1, 0.15) is 0 Å². The van der Waals surface area contributed by atoms with E-state index in [1.165, 1.54) is 298 Å². The number of hydrogen-bond acceptors (Lipinski definition) is 0. The van der Waals surface area contributed by atoms with E-state index in [0.717, 1.165) is 0 Å². The van der Waals surface area contributed by atoms with Crippen molar-refractivity contribution in [3.05, 3.63) is 572 Å². The lowest BCUT2D eigenvalue weighted by Crippen LogP contribution is -1.90. The molecular formula is C150H136. The van der Waals surface area contributed by atoms with Gasteiger partial charge < -0.3 is 0 Å². The minimum absolute atomic E-state index is 1.27. The molecule has 0 N–H and O–H groups in total. The Bertz CT molecular complexity index is 8750. The van der Waals surface area contributed by atoms with Crippen LogP contribution >= 0.6 is 0 Å². The van der Waals surface area contributed by atoms with Crippen molar-refractivity contribution in [2.75, 3.05) is 0 Å². The van der Waals surface area contributed by atoms with E-state index in [0.29, 0.717) is 0 Å². The Morgan fingerprint density at radius 3 is 0.700 bits per heavy atom. The lowest BCUT2D eigenvalue weighted by atomic mass is 9.86. The summed E-state index contributed by atoms with van der Waals surface area (Å²) in [5.41, 5.74) is 52.5. The van der Waals surface area contributed by atoms with Crippen molar-refractivity contribution in [2.24, 2.45) is 0 Å². The Balaban J connectivity index is 0.000000115. The summed E-state index contributed by atoms with van der Waals surface area (Å²) in [6.45, 7) is 43.4. The van der Waals surface area contributed by atoms with Crippen molar-refractivity contribution in [3.8, 4) is 111 Å². The first-order valence-corrected chi connectivity index (χ1v) is 52.9. The van der Waals surface area contributed by atoms with Gasteiger partial charge in [-0.25, -0.2) is 0 Å². The molecule has 0 heterocycles. The molecule has 0 aromatic heterocycles. The van der Waals surface area contributed by atoms with Crippen LogP contribution in [0.3, 0.4) is 0 Å². The second-order valence-electron chi connectivity index (χ2n) is 41.5. The van der Waals surface area contributed by atoms with Crippen LogP contribution in [0, 0.1) is 138 Å². The fourth-order valence-electron chi connectivity index (χ4n) is 20.9. The van der Waals surface area contributed by atoms with Gasteiger partial charge in [-0.2, -0.15) is 0 Å². The van der Waals surface area contributed by atoms with Crippen molar-refractivity contribution >= 4 is 75.4 Å². The van der Waals surface area contributed by atoms with E-state index in [4.69, 9.17) is 0 Å². The SMILES string of the molecule is Cc1cc(C)c(-c2ccccc2)cc1C.Cc1ccc(-c2c3ccccc3c(-c3ccc(C)cc3)c3ccccc23)cc1.Cc1ccc(-c2cc(C)c(-c3ccccc3)cc2C)cc1.Cc1ccc(-c2cc(C)cc(-c3ccccc3)c2)cc1.Cc1ccc(-c2ccc(-c3ccccc3)c3cc(C)c(C)cc23)cc1.Cc1ccc(-c2cccc3c(C)cccc23)cc1.Cc1ccc2c(c1)c1cc(C)c(C)cc1c1cc(C)c(C)cc21. The molecule has 0 saturated carbocycles. The van der Waals surface area contributed by atoms with Gasteiger partial charge in [-0.05, 0) is 404 Å². The largest absolute Gasteiger partial charge is 0.0622 e. The van der Waals surface area contributed by atoms with Crippen LogP contribution in [-0.2, 0) is 0 Å². The molecule has 736 valence electrons. The molecule has 0 atom stereocenters. The van der Waals surface area contributed by atoms with Crippen LogP contribution < -0.4 is 0 Å². The van der Waals surface area contributed by atoms with E-state index >= 15 is 0 Å². The molecule has 0 fully saturated rings. The summed E-state index contributed by atoms with van der Waals surface area (Å²) < 4.78 is 0. The number of hydrogen-bond donors (Lipinski definition) is 0. The number of aryl methyl sites for hydroxylation is 20. The topological polar surface area (TPSA) is 0 Å². The molecule has 0 saturated heterocycles. The van der Waals surface area contributed by atoms with E-state index < -0.39 is 0 Å². The lowest BCUT2D eigenvalue weighted by Gasteiger charge is -2.17. The van der Waals surface area contributed by atoms with Crippen molar-refractivity contribution in [1.82, 2.24) is 0 Å². The molecule has 0 aliphatic rings. The zero-order valence-corrected chi connectivity index (χ0v) is 90.9. The Morgan fingerprint density at radius 1 is 0.0867 bits per heavy atom. The van der Waals surface area contributed by atoms with Gasteiger partial charge in [0.2, 0.25) is 0 Å². The first-order chi connectivity index (χ1) is 72.6. The molecule has 0 bridgehead atoms. The van der Waals surface area contributed by atoms with Gasteiger partial charge in [-0.3, -0.25) is 0 Å². The Morgan fingerprint density at radius 2 is 0.327 bits per heavy atom.